The lowest BCUT2D eigenvalue weighted by Crippen LogP contribution is -2.41. The summed E-state index contributed by atoms with van der Waals surface area (Å²) in [6.45, 7) is 1.60. The Morgan fingerprint density at radius 3 is 0.933 bits per heavy atom. The number of carbonyl (C=O) groups excluding carboxylic acids is 3. The number of carbonyl (C=O) groups is 3. The molecule has 45 heavy (non-hydrogen) atoms. The van der Waals surface area contributed by atoms with Gasteiger partial charge in [-0.1, -0.05) is 91.0 Å². The zero-order valence-corrected chi connectivity index (χ0v) is 24.9. The van der Waals surface area contributed by atoms with Gasteiger partial charge in [0.05, 0.1) is 35.9 Å². The van der Waals surface area contributed by atoms with Crippen molar-refractivity contribution in [3.8, 4) is 0 Å². The van der Waals surface area contributed by atoms with E-state index in [1.807, 2.05) is 54.6 Å². The average Bonchev–Trinajstić information content (AvgIpc) is 3.77. The molecule has 0 saturated heterocycles. The Kier molecular flexibility index (Phi) is 5.21. The number of hydrogen-bond acceptors (Lipinski definition) is 3. The number of amides is 3. The van der Waals surface area contributed by atoms with E-state index in [9.17, 15) is 14.4 Å². The largest absolute Gasteiger partial charge is 0.331 e. The van der Waals surface area contributed by atoms with Crippen molar-refractivity contribution < 1.29 is 14.4 Å². The molecule has 222 valence electrons. The number of hydrogen-bond donors (Lipinski definition) is 0. The van der Waals surface area contributed by atoms with Gasteiger partial charge in [0.1, 0.15) is 0 Å². The third-order valence-electron chi connectivity index (χ3n) is 11.6. The van der Waals surface area contributed by atoms with Crippen LogP contribution in [0.5, 0.6) is 0 Å². The van der Waals surface area contributed by atoms with Gasteiger partial charge in [-0.2, -0.15) is 0 Å². The van der Waals surface area contributed by atoms with Crippen LogP contribution in [-0.2, 0) is 34.0 Å². The molecule has 0 N–H and O–H groups in total. The van der Waals surface area contributed by atoms with Crippen LogP contribution in [0.3, 0.4) is 0 Å². The molecule has 4 unspecified atom stereocenters. The molecule has 0 radical (unpaired) electrons. The van der Waals surface area contributed by atoms with Crippen molar-refractivity contribution >= 4 is 17.7 Å². The third-order valence-corrected chi connectivity index (χ3v) is 11.6. The highest BCUT2D eigenvalue weighted by atomic mass is 16.2. The molecule has 4 aromatic rings. The first-order valence-corrected chi connectivity index (χ1v) is 16.3. The molecule has 6 atom stereocenters. The summed E-state index contributed by atoms with van der Waals surface area (Å²) in [5, 5.41) is 0. The molecule has 10 rings (SSSR count). The third kappa shape index (κ3) is 3.37. The molecule has 0 aromatic heterocycles. The summed E-state index contributed by atoms with van der Waals surface area (Å²) >= 11 is 0. The van der Waals surface area contributed by atoms with Gasteiger partial charge in [-0.3, -0.25) is 14.4 Å². The lowest BCUT2D eigenvalue weighted by Gasteiger charge is -2.40. The molecule has 3 amide bonds. The van der Waals surface area contributed by atoms with Gasteiger partial charge in [0, 0.05) is 19.6 Å². The SMILES string of the molecule is O=C1C2CC3c4c2c2c5c6c4[C@H](CC6N(Cc4ccccc4)C(=O)[C@H]5CC2N1Cc1ccccc1)C(=O)N3Cc1ccccc1. The Hall–Kier alpha value is -4.71. The second kappa shape index (κ2) is 9.16. The maximum atomic E-state index is 14.6. The highest BCUT2D eigenvalue weighted by Gasteiger charge is 2.62. The summed E-state index contributed by atoms with van der Waals surface area (Å²) < 4.78 is 0. The van der Waals surface area contributed by atoms with Crippen molar-refractivity contribution in [2.24, 2.45) is 0 Å². The smallest absolute Gasteiger partial charge is 0.231 e. The van der Waals surface area contributed by atoms with Crippen molar-refractivity contribution in [2.45, 2.75) is 74.8 Å². The van der Waals surface area contributed by atoms with E-state index in [1.54, 1.807) is 0 Å². The van der Waals surface area contributed by atoms with Gasteiger partial charge >= 0.3 is 0 Å². The Balaban J connectivity index is 1.17. The number of nitrogens with zero attached hydrogens (tertiary/aromatic N) is 3. The van der Waals surface area contributed by atoms with Crippen molar-refractivity contribution in [1.29, 1.82) is 0 Å². The van der Waals surface area contributed by atoms with Crippen LogP contribution in [0.2, 0.25) is 0 Å². The van der Waals surface area contributed by atoms with Gasteiger partial charge < -0.3 is 14.7 Å². The van der Waals surface area contributed by atoms with E-state index in [0.717, 1.165) is 16.7 Å². The van der Waals surface area contributed by atoms with Crippen molar-refractivity contribution in [3.63, 3.8) is 0 Å². The maximum absolute atomic E-state index is 14.6. The number of rotatable bonds is 6. The van der Waals surface area contributed by atoms with Crippen LogP contribution in [0, 0.1) is 0 Å². The van der Waals surface area contributed by atoms with E-state index in [2.05, 4.69) is 51.1 Å². The van der Waals surface area contributed by atoms with Gasteiger partial charge in [0.15, 0.2) is 0 Å². The molecule has 3 aliphatic carbocycles. The van der Waals surface area contributed by atoms with Gasteiger partial charge in [0.2, 0.25) is 17.7 Å². The van der Waals surface area contributed by atoms with Crippen LogP contribution in [-0.4, -0.2) is 32.4 Å². The zero-order valence-electron chi connectivity index (χ0n) is 24.9. The quantitative estimate of drug-likeness (QED) is 0.261. The monoisotopic (exact) mass is 591 g/mol. The van der Waals surface area contributed by atoms with Crippen LogP contribution in [0.4, 0.5) is 0 Å². The highest BCUT2D eigenvalue weighted by molar-refractivity contribution is 5.98. The Labute approximate surface area is 262 Å². The lowest BCUT2D eigenvalue weighted by molar-refractivity contribution is -0.140. The van der Waals surface area contributed by atoms with E-state index in [0.29, 0.717) is 38.9 Å². The Morgan fingerprint density at radius 1 is 0.400 bits per heavy atom. The van der Waals surface area contributed by atoms with Crippen LogP contribution in [0.25, 0.3) is 0 Å². The fourth-order valence-corrected chi connectivity index (χ4v) is 9.94. The van der Waals surface area contributed by atoms with Gasteiger partial charge in [-0.15, -0.1) is 0 Å². The molecule has 4 aromatic carbocycles. The van der Waals surface area contributed by atoms with E-state index in [1.165, 1.54) is 33.4 Å². The maximum Gasteiger partial charge on any atom is 0.231 e. The standard InChI is InChI=1S/C39H33N3O3/c43-37-25-17-29-35-31(25)34-28(40(37)19-22-10-4-1-5-11-22)16-26-32(34)36-30(42(38(26)44)21-24-14-8-3-9-15-24)18-27(33(35)36)39(45)41(29)20-23-12-6-2-7-13-23/h1-15,25-30H,16-21H2/t25-,26-,27?,28?,29?,30?/m0/s1. The first-order chi connectivity index (χ1) is 22.1. The van der Waals surface area contributed by atoms with Gasteiger partial charge in [0.25, 0.3) is 0 Å². The van der Waals surface area contributed by atoms with Crippen molar-refractivity contribution in [2.75, 3.05) is 0 Å². The average molecular weight is 592 g/mol. The lowest BCUT2D eigenvalue weighted by atomic mass is 9.77. The van der Waals surface area contributed by atoms with Gasteiger partial charge in [-0.25, -0.2) is 0 Å². The first-order valence-electron chi connectivity index (χ1n) is 16.3. The molecule has 6 nitrogen and oxygen atoms in total. The van der Waals surface area contributed by atoms with Crippen LogP contribution >= 0.6 is 0 Å². The first kappa shape index (κ1) is 25.6. The highest BCUT2D eigenvalue weighted by Crippen LogP contribution is 2.68. The predicted octanol–water partition coefficient (Wildman–Crippen LogP) is 6.40. The Bertz CT molecular complexity index is 1680. The zero-order chi connectivity index (χ0) is 30.0. The van der Waals surface area contributed by atoms with E-state index >= 15 is 0 Å². The Morgan fingerprint density at radius 2 is 0.667 bits per heavy atom. The van der Waals surface area contributed by atoms with Crippen LogP contribution in [0.15, 0.2) is 91.0 Å². The molecule has 3 aliphatic heterocycles. The fraction of sp³-hybridized carbons (Fsp3) is 0.308. The van der Waals surface area contributed by atoms with Crippen LogP contribution in [0.1, 0.15) is 105 Å². The van der Waals surface area contributed by atoms with Crippen LogP contribution < -0.4 is 0 Å². The van der Waals surface area contributed by atoms with Crippen molar-refractivity contribution in [1.82, 2.24) is 14.7 Å². The summed E-state index contributed by atoms with van der Waals surface area (Å²) in [5.74, 6) is -0.372. The minimum Gasteiger partial charge on any atom is -0.331 e. The summed E-state index contributed by atoms with van der Waals surface area (Å²) in [7, 11) is 0. The molecule has 6 heteroatoms. The minimum atomic E-state index is -0.276. The normalized spacial score (nSPS) is 28.0. The van der Waals surface area contributed by atoms with E-state index < -0.39 is 0 Å². The predicted molar refractivity (Wildman–Crippen MR) is 168 cm³/mol. The molecule has 0 saturated carbocycles. The van der Waals surface area contributed by atoms with E-state index in [4.69, 9.17) is 0 Å². The summed E-state index contributed by atoms with van der Waals surface area (Å²) in [6.07, 6.45) is 1.87. The minimum absolute atomic E-state index is 0.121. The molecular formula is C39H33N3O3. The van der Waals surface area contributed by atoms with Crippen molar-refractivity contribution in [3.05, 3.63) is 141 Å². The summed E-state index contributed by atoms with van der Waals surface area (Å²) in [5.41, 5.74) is 10.6. The molecule has 0 bridgehead atoms. The fourth-order valence-electron chi connectivity index (χ4n) is 9.94. The molecule has 6 aliphatic rings. The van der Waals surface area contributed by atoms with E-state index in [-0.39, 0.29) is 53.6 Å². The molecular weight excluding hydrogens is 558 g/mol. The second-order valence-electron chi connectivity index (χ2n) is 13.7. The molecule has 3 heterocycles. The molecule has 0 fully saturated rings. The second-order valence-corrected chi connectivity index (χ2v) is 13.7. The number of benzene rings is 4. The van der Waals surface area contributed by atoms with Gasteiger partial charge in [-0.05, 0) is 69.3 Å². The summed E-state index contributed by atoms with van der Waals surface area (Å²) in [4.78, 5) is 50.0. The topological polar surface area (TPSA) is 60.9 Å². The summed E-state index contributed by atoms with van der Waals surface area (Å²) in [6, 6.07) is 30.3. The molecule has 0 spiro atoms.